The summed E-state index contributed by atoms with van der Waals surface area (Å²) in [6.45, 7) is 12.0. The fraction of sp³-hybridized carbons (Fsp3) is 1.00. The van der Waals surface area contributed by atoms with E-state index in [1.807, 2.05) is 0 Å². The van der Waals surface area contributed by atoms with E-state index in [1.54, 1.807) is 0 Å². The van der Waals surface area contributed by atoms with Gasteiger partial charge in [-0.15, -0.1) is 0 Å². The van der Waals surface area contributed by atoms with Crippen molar-refractivity contribution in [2.24, 2.45) is 17.8 Å². The van der Waals surface area contributed by atoms with Gasteiger partial charge in [-0.2, -0.15) is 0 Å². The van der Waals surface area contributed by atoms with E-state index in [4.69, 9.17) is 18.9 Å². The van der Waals surface area contributed by atoms with Gasteiger partial charge >= 0.3 is 0 Å². The van der Waals surface area contributed by atoms with Crippen molar-refractivity contribution in [2.75, 3.05) is 26.4 Å². The molecule has 0 bridgehead atoms. The van der Waals surface area contributed by atoms with Gasteiger partial charge in [-0.3, -0.25) is 16.0 Å². The van der Waals surface area contributed by atoms with Gasteiger partial charge in [0.15, 0.2) is 0 Å². The van der Waals surface area contributed by atoms with E-state index in [1.165, 1.54) is 0 Å². The summed E-state index contributed by atoms with van der Waals surface area (Å²) < 4.78 is 25.2. The van der Waals surface area contributed by atoms with Crippen LogP contribution in [0.25, 0.3) is 0 Å². The number of hydrogen-bond donors (Lipinski definition) is 5. The lowest BCUT2D eigenvalue weighted by Crippen LogP contribution is -2.75. The van der Waals surface area contributed by atoms with Gasteiger partial charge in [0.1, 0.15) is 0 Å². The number of nitrogens with one attached hydrogen (secondary N) is 3. The molecule has 270 valence electrons. The molecule has 1 heterocycles. The zero-order valence-electron chi connectivity index (χ0n) is 29.8. The molecule has 0 spiro atoms. The van der Waals surface area contributed by atoms with E-state index in [0.29, 0.717) is 12.8 Å². The van der Waals surface area contributed by atoms with Crippen molar-refractivity contribution in [3.05, 3.63) is 0 Å². The van der Waals surface area contributed by atoms with E-state index >= 15 is 0 Å². The maximum atomic E-state index is 11.5. The zero-order valence-corrected chi connectivity index (χ0v) is 29.8. The Labute approximate surface area is 281 Å². The van der Waals surface area contributed by atoms with Gasteiger partial charge in [-0.05, 0) is 77.0 Å². The number of unbranched alkanes of at least 4 members (excludes halogenated alkanes) is 4. The van der Waals surface area contributed by atoms with Crippen LogP contribution in [0.1, 0.15) is 137 Å². The maximum Gasteiger partial charge on any atom is 0.0655 e. The summed E-state index contributed by atoms with van der Waals surface area (Å²) in [5.74, 6) is 0.445. The molecule has 11 atom stereocenters. The van der Waals surface area contributed by atoms with Crippen LogP contribution in [0, 0.1) is 17.8 Å². The predicted molar refractivity (Wildman–Crippen MR) is 183 cm³/mol. The van der Waals surface area contributed by atoms with E-state index in [0.717, 1.165) is 123 Å². The first-order valence-corrected chi connectivity index (χ1v) is 19.6. The average molecular weight is 654 g/mol. The maximum absolute atomic E-state index is 11.5. The van der Waals surface area contributed by atoms with Gasteiger partial charge in [-0.1, -0.05) is 53.4 Å². The summed E-state index contributed by atoms with van der Waals surface area (Å²) in [4.78, 5) is 0. The van der Waals surface area contributed by atoms with Crippen LogP contribution in [0.15, 0.2) is 0 Å². The van der Waals surface area contributed by atoms with Crippen molar-refractivity contribution in [3.63, 3.8) is 0 Å². The Hall–Kier alpha value is -0.360. The molecule has 0 aromatic rings. The summed E-state index contributed by atoms with van der Waals surface area (Å²) in [5, 5.41) is 34.7. The van der Waals surface area contributed by atoms with Crippen molar-refractivity contribution in [1.82, 2.24) is 16.0 Å². The molecular weight excluding hydrogens is 582 g/mol. The van der Waals surface area contributed by atoms with Crippen LogP contribution >= 0.6 is 0 Å². The van der Waals surface area contributed by atoms with Gasteiger partial charge in [0.05, 0.1) is 55.1 Å². The Morgan fingerprint density at radius 2 is 0.804 bits per heavy atom. The SMILES string of the molecule is CCCCOC1CCC(C2NC(C3CCC(OCCCC)CC3O)NC(C3CCC(OCCCC)CC3OCCCC)N2)C(O)C1. The van der Waals surface area contributed by atoms with Gasteiger partial charge in [0.25, 0.3) is 0 Å². The van der Waals surface area contributed by atoms with E-state index < -0.39 is 12.2 Å². The first kappa shape index (κ1) is 38.4. The standard InChI is InChI=1S/C37H71N3O6/c1-5-9-19-43-26-13-16-29(32(41)23-26)35-38-36(30-17-14-27(24-33(30)42)44-20-10-6-2)40-37(39-35)31-18-15-28(45-21-11-7-3)25-34(31)46-22-12-8-4/h26-42H,5-25H2,1-4H3. The largest absolute Gasteiger partial charge is 0.393 e. The topological polar surface area (TPSA) is 113 Å². The van der Waals surface area contributed by atoms with Crippen LogP contribution in [0.4, 0.5) is 0 Å². The summed E-state index contributed by atoms with van der Waals surface area (Å²) in [5.41, 5.74) is 0. The highest BCUT2D eigenvalue weighted by molar-refractivity contribution is 5.00. The van der Waals surface area contributed by atoms with Crippen molar-refractivity contribution < 1.29 is 29.2 Å². The zero-order chi connectivity index (χ0) is 32.7. The van der Waals surface area contributed by atoms with Crippen molar-refractivity contribution >= 4 is 0 Å². The fourth-order valence-corrected chi connectivity index (χ4v) is 8.21. The molecule has 3 aliphatic carbocycles. The Balaban J connectivity index is 1.47. The molecule has 4 aliphatic rings. The molecule has 0 aromatic carbocycles. The second-order valence-electron chi connectivity index (χ2n) is 14.8. The van der Waals surface area contributed by atoms with E-state index in [9.17, 15) is 10.2 Å². The molecule has 46 heavy (non-hydrogen) atoms. The van der Waals surface area contributed by atoms with Crippen molar-refractivity contribution in [2.45, 2.75) is 192 Å². The molecule has 0 amide bonds. The first-order chi connectivity index (χ1) is 22.5. The summed E-state index contributed by atoms with van der Waals surface area (Å²) in [7, 11) is 0. The smallest absolute Gasteiger partial charge is 0.0655 e. The summed E-state index contributed by atoms with van der Waals surface area (Å²) in [6.07, 6.45) is 16.6. The molecule has 0 aromatic heterocycles. The van der Waals surface area contributed by atoms with Crippen molar-refractivity contribution in [1.29, 1.82) is 0 Å². The molecule has 5 N–H and O–H groups in total. The van der Waals surface area contributed by atoms with Crippen LogP contribution < -0.4 is 16.0 Å². The van der Waals surface area contributed by atoms with Gasteiger partial charge in [0, 0.05) is 50.6 Å². The minimum atomic E-state index is -0.434. The Morgan fingerprint density at radius 1 is 0.457 bits per heavy atom. The molecule has 3 saturated carbocycles. The summed E-state index contributed by atoms with van der Waals surface area (Å²) >= 11 is 0. The Morgan fingerprint density at radius 3 is 1.20 bits per heavy atom. The van der Waals surface area contributed by atoms with Gasteiger partial charge in [0.2, 0.25) is 0 Å². The van der Waals surface area contributed by atoms with Crippen LogP contribution in [0.3, 0.4) is 0 Å². The lowest BCUT2D eigenvalue weighted by atomic mass is 9.77. The molecule has 0 radical (unpaired) electrons. The number of ether oxygens (including phenoxy) is 4. The highest BCUT2D eigenvalue weighted by Gasteiger charge is 2.47. The van der Waals surface area contributed by atoms with Crippen LogP contribution in [-0.4, -0.2) is 91.8 Å². The van der Waals surface area contributed by atoms with E-state index in [-0.39, 0.29) is 60.7 Å². The minimum absolute atomic E-state index is 0.0240. The average Bonchev–Trinajstić information content (AvgIpc) is 3.05. The number of rotatable bonds is 19. The third-order valence-corrected chi connectivity index (χ3v) is 11.2. The van der Waals surface area contributed by atoms with Gasteiger partial charge in [-0.25, -0.2) is 0 Å². The van der Waals surface area contributed by atoms with E-state index in [2.05, 4.69) is 43.6 Å². The fourth-order valence-electron chi connectivity index (χ4n) is 8.21. The monoisotopic (exact) mass is 654 g/mol. The number of hydrogen-bond acceptors (Lipinski definition) is 9. The minimum Gasteiger partial charge on any atom is -0.393 e. The molecule has 1 aliphatic heterocycles. The predicted octanol–water partition coefficient (Wildman–Crippen LogP) is 5.61. The second-order valence-corrected chi connectivity index (χ2v) is 14.8. The molecule has 4 fully saturated rings. The third kappa shape index (κ3) is 11.6. The second kappa shape index (κ2) is 21.0. The molecule has 11 unspecified atom stereocenters. The quantitative estimate of drug-likeness (QED) is 0.114. The molecule has 1 saturated heterocycles. The molecular formula is C37H71N3O6. The summed E-state index contributed by atoms with van der Waals surface area (Å²) in [6, 6.07) is 0. The lowest BCUT2D eigenvalue weighted by Gasteiger charge is -2.52. The molecule has 4 rings (SSSR count). The molecule has 9 heteroatoms. The van der Waals surface area contributed by atoms with Crippen LogP contribution in [-0.2, 0) is 18.9 Å². The van der Waals surface area contributed by atoms with Crippen LogP contribution in [0.5, 0.6) is 0 Å². The van der Waals surface area contributed by atoms with Crippen molar-refractivity contribution in [3.8, 4) is 0 Å². The lowest BCUT2D eigenvalue weighted by molar-refractivity contribution is -0.104. The van der Waals surface area contributed by atoms with Crippen LogP contribution in [0.2, 0.25) is 0 Å². The van der Waals surface area contributed by atoms with Gasteiger partial charge < -0.3 is 29.2 Å². The Bertz CT molecular complexity index is 767. The Kier molecular flexibility index (Phi) is 17.5. The highest BCUT2D eigenvalue weighted by Crippen LogP contribution is 2.37. The number of aliphatic hydroxyl groups is 2. The third-order valence-electron chi connectivity index (χ3n) is 11.2. The first-order valence-electron chi connectivity index (χ1n) is 19.6. The molecule has 9 nitrogen and oxygen atoms in total. The number of aliphatic hydroxyl groups excluding tert-OH is 2. The normalized spacial score (nSPS) is 39.0. The highest BCUT2D eigenvalue weighted by atomic mass is 16.5.